The van der Waals surface area contributed by atoms with Gasteiger partial charge >= 0.3 is 0 Å². The van der Waals surface area contributed by atoms with Crippen molar-refractivity contribution in [3.8, 4) is 6.07 Å². The van der Waals surface area contributed by atoms with Gasteiger partial charge < -0.3 is 5.11 Å². The average molecular weight is 246 g/mol. The van der Waals surface area contributed by atoms with Crippen molar-refractivity contribution >= 4 is 10.0 Å². The minimum Gasteiger partial charge on any atom is -0.393 e. The van der Waals surface area contributed by atoms with Gasteiger partial charge in [0, 0.05) is 6.54 Å². The minimum atomic E-state index is -3.52. The number of sulfonamides is 1. The minimum absolute atomic E-state index is 0.185. The summed E-state index contributed by atoms with van der Waals surface area (Å²) in [4.78, 5) is 0. The zero-order chi connectivity index (χ0) is 12.2. The molecule has 6 heteroatoms. The lowest BCUT2D eigenvalue weighted by Crippen LogP contribution is -2.37. The number of nitriles is 1. The van der Waals surface area contributed by atoms with Crippen LogP contribution in [0.2, 0.25) is 0 Å². The zero-order valence-electron chi connectivity index (χ0n) is 9.39. The quantitative estimate of drug-likeness (QED) is 0.749. The van der Waals surface area contributed by atoms with Crippen LogP contribution in [0.25, 0.3) is 0 Å². The Bertz CT molecular complexity index is 361. The van der Waals surface area contributed by atoms with Crippen molar-refractivity contribution in [2.45, 2.75) is 44.0 Å². The van der Waals surface area contributed by atoms with Crippen LogP contribution < -0.4 is 4.72 Å². The molecule has 0 bridgehead atoms. The van der Waals surface area contributed by atoms with E-state index in [0.29, 0.717) is 13.0 Å². The molecule has 3 unspecified atom stereocenters. The summed E-state index contributed by atoms with van der Waals surface area (Å²) in [6.07, 6.45) is 3.00. The van der Waals surface area contributed by atoms with E-state index in [2.05, 4.69) is 4.72 Å². The third kappa shape index (κ3) is 3.74. The van der Waals surface area contributed by atoms with Gasteiger partial charge in [-0.05, 0) is 32.1 Å². The third-order valence-corrected chi connectivity index (χ3v) is 4.58. The summed E-state index contributed by atoms with van der Waals surface area (Å²) < 4.78 is 25.4. The molecule has 0 spiro atoms. The van der Waals surface area contributed by atoms with E-state index in [0.717, 1.165) is 19.3 Å². The van der Waals surface area contributed by atoms with Gasteiger partial charge in [0.2, 0.25) is 10.0 Å². The van der Waals surface area contributed by atoms with Crippen LogP contribution in [0.15, 0.2) is 0 Å². The molecule has 0 aliphatic heterocycles. The number of nitrogens with one attached hydrogen (secondary N) is 1. The highest BCUT2D eigenvalue weighted by Crippen LogP contribution is 2.23. The summed E-state index contributed by atoms with van der Waals surface area (Å²) in [7, 11) is -3.52. The molecule has 1 aliphatic rings. The van der Waals surface area contributed by atoms with Gasteiger partial charge in [-0.25, -0.2) is 13.1 Å². The Morgan fingerprint density at radius 2 is 2.25 bits per heavy atom. The van der Waals surface area contributed by atoms with Crippen molar-refractivity contribution in [2.24, 2.45) is 5.92 Å². The van der Waals surface area contributed by atoms with Crippen LogP contribution in [-0.4, -0.2) is 31.4 Å². The monoisotopic (exact) mass is 246 g/mol. The van der Waals surface area contributed by atoms with Crippen LogP contribution >= 0.6 is 0 Å². The summed E-state index contributed by atoms with van der Waals surface area (Å²) in [5.41, 5.74) is 0. The lowest BCUT2D eigenvalue weighted by atomic mass is 9.87. The Kier molecular flexibility index (Phi) is 4.71. The van der Waals surface area contributed by atoms with Crippen molar-refractivity contribution in [3.05, 3.63) is 0 Å². The van der Waals surface area contributed by atoms with E-state index in [9.17, 15) is 13.5 Å². The number of rotatable bonds is 4. The number of hydrogen-bond acceptors (Lipinski definition) is 4. The maximum Gasteiger partial charge on any atom is 0.227 e. The molecule has 0 aromatic rings. The summed E-state index contributed by atoms with van der Waals surface area (Å²) >= 11 is 0. The molecule has 1 fully saturated rings. The highest BCUT2D eigenvalue weighted by Gasteiger charge is 2.24. The first-order valence-electron chi connectivity index (χ1n) is 5.52. The van der Waals surface area contributed by atoms with Crippen molar-refractivity contribution in [2.75, 3.05) is 6.54 Å². The lowest BCUT2D eigenvalue weighted by Gasteiger charge is -2.25. The molecule has 5 nitrogen and oxygen atoms in total. The van der Waals surface area contributed by atoms with Gasteiger partial charge in [-0.2, -0.15) is 5.26 Å². The fourth-order valence-corrected chi connectivity index (χ4v) is 2.73. The Labute approximate surface area is 96.5 Å². The van der Waals surface area contributed by atoms with Gasteiger partial charge in [0.25, 0.3) is 0 Å². The first-order valence-corrected chi connectivity index (χ1v) is 7.06. The largest absolute Gasteiger partial charge is 0.393 e. The second-order valence-corrected chi connectivity index (χ2v) is 6.44. The highest BCUT2D eigenvalue weighted by molar-refractivity contribution is 7.90. The van der Waals surface area contributed by atoms with Crippen LogP contribution in [0.3, 0.4) is 0 Å². The molecular weight excluding hydrogens is 228 g/mol. The van der Waals surface area contributed by atoms with E-state index in [4.69, 9.17) is 5.26 Å². The molecule has 0 aromatic carbocycles. The Hall–Kier alpha value is -0.640. The predicted octanol–water partition coefficient (Wildman–Crippen LogP) is 0.369. The van der Waals surface area contributed by atoms with Crippen molar-refractivity contribution in [3.63, 3.8) is 0 Å². The standard InChI is InChI=1S/C10H18N2O3S/c1-8(6-11)16(14,15)12-7-9-3-2-4-10(13)5-9/h8-10,12-13H,2-5,7H2,1H3. The van der Waals surface area contributed by atoms with Crippen LogP contribution in [0, 0.1) is 17.2 Å². The van der Waals surface area contributed by atoms with E-state index in [-0.39, 0.29) is 12.0 Å². The molecule has 3 atom stereocenters. The topological polar surface area (TPSA) is 90.2 Å². The molecule has 2 N–H and O–H groups in total. The van der Waals surface area contributed by atoms with E-state index < -0.39 is 15.3 Å². The molecule has 0 saturated heterocycles. The van der Waals surface area contributed by atoms with Crippen molar-refractivity contribution < 1.29 is 13.5 Å². The maximum atomic E-state index is 11.5. The number of aliphatic hydroxyl groups excluding tert-OH is 1. The summed E-state index contributed by atoms with van der Waals surface area (Å²) in [6, 6.07) is 1.70. The third-order valence-electron chi connectivity index (χ3n) is 2.98. The van der Waals surface area contributed by atoms with E-state index >= 15 is 0 Å². The summed E-state index contributed by atoms with van der Waals surface area (Å²) in [5, 5.41) is 16.9. The normalized spacial score (nSPS) is 28.3. The molecule has 16 heavy (non-hydrogen) atoms. The van der Waals surface area contributed by atoms with Gasteiger partial charge in [0.15, 0.2) is 5.25 Å². The molecular formula is C10H18N2O3S. The zero-order valence-corrected chi connectivity index (χ0v) is 10.2. The fraction of sp³-hybridized carbons (Fsp3) is 0.900. The second kappa shape index (κ2) is 5.62. The van der Waals surface area contributed by atoms with Gasteiger partial charge in [0.05, 0.1) is 12.2 Å². The smallest absolute Gasteiger partial charge is 0.227 e. The second-order valence-electron chi connectivity index (χ2n) is 4.35. The van der Waals surface area contributed by atoms with Gasteiger partial charge in [0.1, 0.15) is 0 Å². The molecule has 1 rings (SSSR count). The van der Waals surface area contributed by atoms with E-state index in [1.807, 2.05) is 0 Å². The van der Waals surface area contributed by atoms with Gasteiger partial charge in [-0.3, -0.25) is 0 Å². The lowest BCUT2D eigenvalue weighted by molar-refractivity contribution is 0.102. The maximum absolute atomic E-state index is 11.5. The van der Waals surface area contributed by atoms with Crippen molar-refractivity contribution in [1.29, 1.82) is 5.26 Å². The molecule has 92 valence electrons. The molecule has 0 heterocycles. The summed E-state index contributed by atoms with van der Waals surface area (Å²) in [6.45, 7) is 1.68. The van der Waals surface area contributed by atoms with Crippen LogP contribution in [-0.2, 0) is 10.0 Å². The molecule has 0 amide bonds. The highest BCUT2D eigenvalue weighted by atomic mass is 32.2. The fourth-order valence-electron chi connectivity index (χ4n) is 1.88. The SMILES string of the molecule is CC(C#N)S(=O)(=O)NCC1CCCC(O)C1. The van der Waals surface area contributed by atoms with Crippen molar-refractivity contribution in [1.82, 2.24) is 4.72 Å². The molecule has 1 aliphatic carbocycles. The molecule has 0 aromatic heterocycles. The number of nitrogens with zero attached hydrogens (tertiary/aromatic N) is 1. The number of hydrogen-bond donors (Lipinski definition) is 2. The number of aliphatic hydroxyl groups is 1. The Morgan fingerprint density at radius 3 is 2.81 bits per heavy atom. The van der Waals surface area contributed by atoms with Crippen LogP contribution in [0.1, 0.15) is 32.6 Å². The summed E-state index contributed by atoms with van der Waals surface area (Å²) in [5.74, 6) is 0.185. The van der Waals surface area contributed by atoms with E-state index in [1.165, 1.54) is 6.92 Å². The first kappa shape index (κ1) is 13.4. The van der Waals surface area contributed by atoms with E-state index in [1.54, 1.807) is 6.07 Å². The Morgan fingerprint density at radius 1 is 1.56 bits per heavy atom. The molecule has 0 radical (unpaired) electrons. The van der Waals surface area contributed by atoms with Gasteiger partial charge in [-0.15, -0.1) is 0 Å². The Balaban J connectivity index is 2.43. The average Bonchev–Trinajstić information content (AvgIpc) is 2.25. The van der Waals surface area contributed by atoms with Crippen LogP contribution in [0.5, 0.6) is 0 Å². The van der Waals surface area contributed by atoms with Crippen LogP contribution in [0.4, 0.5) is 0 Å². The first-order chi connectivity index (χ1) is 7.45. The molecule has 1 saturated carbocycles. The predicted molar refractivity (Wildman–Crippen MR) is 60.0 cm³/mol. The van der Waals surface area contributed by atoms with Gasteiger partial charge in [-0.1, -0.05) is 6.42 Å².